The van der Waals surface area contributed by atoms with Crippen molar-refractivity contribution in [3.05, 3.63) is 23.3 Å². The first-order chi connectivity index (χ1) is 7.51. The molecule has 0 saturated heterocycles. The SMILES string of the molecule is COc1c(F)cc(F)c(CC(C)N)c1OC. The molecule has 0 aromatic heterocycles. The van der Waals surface area contributed by atoms with Gasteiger partial charge in [0.25, 0.3) is 0 Å². The summed E-state index contributed by atoms with van der Waals surface area (Å²) in [5.74, 6) is -1.49. The van der Waals surface area contributed by atoms with Crippen LogP contribution >= 0.6 is 0 Å². The van der Waals surface area contributed by atoms with Crippen LogP contribution < -0.4 is 15.2 Å². The molecule has 1 aromatic rings. The molecule has 1 aromatic carbocycles. The molecule has 0 heterocycles. The molecule has 0 saturated carbocycles. The Bertz CT molecular complexity index is 381. The summed E-state index contributed by atoms with van der Waals surface area (Å²) in [5, 5.41) is 0. The van der Waals surface area contributed by atoms with Gasteiger partial charge in [-0.2, -0.15) is 0 Å². The Kier molecular flexibility index (Phi) is 4.06. The summed E-state index contributed by atoms with van der Waals surface area (Å²) in [6, 6.07) is 0.526. The van der Waals surface area contributed by atoms with E-state index in [1.165, 1.54) is 14.2 Å². The molecule has 3 nitrogen and oxygen atoms in total. The standard InChI is InChI=1S/C11H15F2NO2/c1-6(14)4-7-8(12)5-9(13)11(16-3)10(7)15-2/h5-6H,4,14H2,1-3H3. The Morgan fingerprint density at radius 3 is 2.19 bits per heavy atom. The topological polar surface area (TPSA) is 44.5 Å². The van der Waals surface area contributed by atoms with Crippen LogP contribution in [0, 0.1) is 11.6 Å². The number of rotatable bonds is 4. The summed E-state index contributed by atoms with van der Waals surface area (Å²) in [4.78, 5) is 0. The van der Waals surface area contributed by atoms with Gasteiger partial charge in [0.2, 0.25) is 0 Å². The van der Waals surface area contributed by atoms with Gasteiger partial charge in [0.15, 0.2) is 17.3 Å². The van der Waals surface area contributed by atoms with Gasteiger partial charge in [-0.05, 0) is 13.3 Å². The highest BCUT2D eigenvalue weighted by molar-refractivity contribution is 5.48. The number of hydrogen-bond donors (Lipinski definition) is 1. The molecular formula is C11H15F2NO2. The minimum atomic E-state index is -0.787. The maximum absolute atomic E-state index is 13.5. The Morgan fingerprint density at radius 1 is 1.19 bits per heavy atom. The smallest absolute Gasteiger partial charge is 0.197 e. The zero-order chi connectivity index (χ0) is 12.3. The highest BCUT2D eigenvalue weighted by Crippen LogP contribution is 2.36. The second-order valence-corrected chi connectivity index (χ2v) is 3.57. The lowest BCUT2D eigenvalue weighted by molar-refractivity contribution is 0.329. The van der Waals surface area contributed by atoms with E-state index in [0.29, 0.717) is 0 Å². The molecule has 0 amide bonds. The Morgan fingerprint density at radius 2 is 1.75 bits per heavy atom. The van der Waals surface area contributed by atoms with Crippen molar-refractivity contribution in [2.24, 2.45) is 5.73 Å². The zero-order valence-electron chi connectivity index (χ0n) is 9.51. The summed E-state index contributed by atoms with van der Waals surface area (Å²) in [6.45, 7) is 1.73. The summed E-state index contributed by atoms with van der Waals surface area (Å²) in [5.41, 5.74) is 5.82. The van der Waals surface area contributed by atoms with Crippen molar-refractivity contribution in [1.82, 2.24) is 0 Å². The molecule has 16 heavy (non-hydrogen) atoms. The van der Waals surface area contributed by atoms with Gasteiger partial charge in [0, 0.05) is 17.7 Å². The van der Waals surface area contributed by atoms with Crippen LogP contribution in [0.25, 0.3) is 0 Å². The van der Waals surface area contributed by atoms with Crippen molar-refractivity contribution >= 4 is 0 Å². The average molecular weight is 231 g/mol. The third-order valence-corrected chi connectivity index (χ3v) is 2.17. The van der Waals surface area contributed by atoms with Gasteiger partial charge < -0.3 is 15.2 Å². The van der Waals surface area contributed by atoms with Crippen molar-refractivity contribution in [3.63, 3.8) is 0 Å². The number of ether oxygens (including phenoxy) is 2. The van der Waals surface area contributed by atoms with Crippen LogP contribution in [0.15, 0.2) is 6.07 Å². The molecule has 0 bridgehead atoms. The van der Waals surface area contributed by atoms with Gasteiger partial charge in [0.1, 0.15) is 5.82 Å². The molecule has 0 aliphatic rings. The average Bonchev–Trinajstić information content (AvgIpc) is 2.20. The number of hydrogen-bond acceptors (Lipinski definition) is 3. The highest BCUT2D eigenvalue weighted by atomic mass is 19.1. The van der Waals surface area contributed by atoms with Gasteiger partial charge in [0.05, 0.1) is 14.2 Å². The zero-order valence-corrected chi connectivity index (χ0v) is 9.51. The maximum Gasteiger partial charge on any atom is 0.197 e. The lowest BCUT2D eigenvalue weighted by Gasteiger charge is -2.15. The van der Waals surface area contributed by atoms with Crippen LogP contribution in [0.4, 0.5) is 8.78 Å². The minimum absolute atomic E-state index is 0.0669. The summed E-state index contributed by atoms with van der Waals surface area (Å²) in [6.07, 6.45) is 0.256. The first kappa shape index (κ1) is 12.7. The maximum atomic E-state index is 13.5. The summed E-state index contributed by atoms with van der Waals surface area (Å²) in [7, 11) is 2.63. The molecule has 0 fully saturated rings. The van der Waals surface area contributed by atoms with Crippen LogP contribution in [0.5, 0.6) is 11.5 Å². The van der Waals surface area contributed by atoms with E-state index in [4.69, 9.17) is 15.2 Å². The van der Waals surface area contributed by atoms with E-state index in [-0.39, 0.29) is 29.5 Å². The number of nitrogens with two attached hydrogens (primary N) is 1. The van der Waals surface area contributed by atoms with Gasteiger partial charge in [-0.3, -0.25) is 0 Å². The van der Waals surface area contributed by atoms with Crippen LogP contribution in [0.3, 0.4) is 0 Å². The van der Waals surface area contributed by atoms with E-state index in [1.807, 2.05) is 0 Å². The summed E-state index contributed by atoms with van der Waals surface area (Å²) < 4.78 is 36.7. The van der Waals surface area contributed by atoms with Gasteiger partial charge in [-0.1, -0.05) is 0 Å². The van der Waals surface area contributed by atoms with Gasteiger partial charge >= 0.3 is 0 Å². The van der Waals surface area contributed by atoms with Crippen molar-refractivity contribution in [1.29, 1.82) is 0 Å². The van der Waals surface area contributed by atoms with Crippen LogP contribution in [-0.2, 0) is 6.42 Å². The molecule has 0 radical (unpaired) electrons. The second kappa shape index (κ2) is 5.12. The van der Waals surface area contributed by atoms with E-state index >= 15 is 0 Å². The number of halogens is 2. The summed E-state index contributed by atoms with van der Waals surface area (Å²) >= 11 is 0. The van der Waals surface area contributed by atoms with Crippen LogP contribution in [0.2, 0.25) is 0 Å². The fourth-order valence-corrected chi connectivity index (χ4v) is 1.54. The first-order valence-electron chi connectivity index (χ1n) is 4.85. The van der Waals surface area contributed by atoms with Crippen molar-refractivity contribution in [3.8, 4) is 11.5 Å². The van der Waals surface area contributed by atoms with E-state index in [9.17, 15) is 8.78 Å². The van der Waals surface area contributed by atoms with Crippen LogP contribution in [-0.4, -0.2) is 20.3 Å². The molecule has 2 N–H and O–H groups in total. The van der Waals surface area contributed by atoms with Crippen molar-refractivity contribution in [2.75, 3.05) is 14.2 Å². The first-order valence-corrected chi connectivity index (χ1v) is 4.85. The van der Waals surface area contributed by atoms with E-state index in [2.05, 4.69) is 0 Å². The predicted molar refractivity (Wildman–Crippen MR) is 56.8 cm³/mol. The molecule has 0 aliphatic carbocycles. The third kappa shape index (κ3) is 2.41. The molecular weight excluding hydrogens is 216 g/mol. The minimum Gasteiger partial charge on any atom is -0.492 e. The fourth-order valence-electron chi connectivity index (χ4n) is 1.54. The largest absolute Gasteiger partial charge is 0.492 e. The number of methoxy groups -OCH3 is 2. The Balaban J connectivity index is 3.34. The van der Waals surface area contributed by atoms with Crippen LogP contribution in [0.1, 0.15) is 12.5 Å². The van der Waals surface area contributed by atoms with E-state index in [1.54, 1.807) is 6.92 Å². The predicted octanol–water partition coefficient (Wildman–Crippen LogP) is 1.87. The molecule has 90 valence electrons. The molecule has 5 heteroatoms. The quantitative estimate of drug-likeness (QED) is 0.860. The molecule has 1 atom stereocenters. The van der Waals surface area contributed by atoms with Crippen molar-refractivity contribution < 1.29 is 18.3 Å². The fraction of sp³-hybridized carbons (Fsp3) is 0.455. The van der Waals surface area contributed by atoms with Gasteiger partial charge in [-0.25, -0.2) is 8.78 Å². The monoisotopic (exact) mass is 231 g/mol. The van der Waals surface area contributed by atoms with E-state index < -0.39 is 11.6 Å². The van der Waals surface area contributed by atoms with Crippen molar-refractivity contribution in [2.45, 2.75) is 19.4 Å². The number of benzene rings is 1. The molecule has 0 spiro atoms. The van der Waals surface area contributed by atoms with E-state index in [0.717, 1.165) is 6.07 Å². The van der Waals surface area contributed by atoms with Gasteiger partial charge in [-0.15, -0.1) is 0 Å². The normalized spacial score (nSPS) is 12.4. The third-order valence-electron chi connectivity index (χ3n) is 2.17. The second-order valence-electron chi connectivity index (χ2n) is 3.57. The lowest BCUT2D eigenvalue weighted by Crippen LogP contribution is -2.19. The highest BCUT2D eigenvalue weighted by Gasteiger charge is 2.20. The lowest BCUT2D eigenvalue weighted by atomic mass is 10.0. The molecule has 1 unspecified atom stereocenters. The molecule has 0 aliphatic heterocycles. The Labute approximate surface area is 93.2 Å². The Hall–Kier alpha value is -1.36. The molecule has 1 rings (SSSR count).